The van der Waals surface area contributed by atoms with E-state index in [1.165, 1.54) is 6.20 Å². The third-order valence-corrected chi connectivity index (χ3v) is 4.56. The highest BCUT2D eigenvalue weighted by Gasteiger charge is 2.19. The van der Waals surface area contributed by atoms with E-state index >= 15 is 0 Å². The number of likely N-dealkylation sites (tertiary alicyclic amines) is 1. The minimum Gasteiger partial charge on any atom is -0.339 e. The van der Waals surface area contributed by atoms with E-state index in [1.54, 1.807) is 59.7 Å². The zero-order valence-electron chi connectivity index (χ0n) is 14.7. The summed E-state index contributed by atoms with van der Waals surface area (Å²) in [5.74, 6) is 0.483. The maximum Gasteiger partial charge on any atom is 0.257 e. The molecule has 7 nitrogen and oxygen atoms in total. The number of hydrogen-bond acceptors (Lipinski definition) is 4. The van der Waals surface area contributed by atoms with E-state index in [-0.39, 0.29) is 11.8 Å². The Morgan fingerprint density at radius 3 is 2.33 bits per heavy atom. The lowest BCUT2D eigenvalue weighted by molar-refractivity contribution is 0.0792. The van der Waals surface area contributed by atoms with Crippen molar-refractivity contribution in [2.75, 3.05) is 18.4 Å². The zero-order valence-corrected chi connectivity index (χ0v) is 14.7. The van der Waals surface area contributed by atoms with Gasteiger partial charge in [0.1, 0.15) is 12.1 Å². The van der Waals surface area contributed by atoms with E-state index in [0.717, 1.165) is 25.9 Å². The Balaban J connectivity index is 1.41. The van der Waals surface area contributed by atoms with Crippen LogP contribution in [0.4, 0.5) is 5.69 Å². The number of aromatic nitrogens is 3. The lowest BCUT2D eigenvalue weighted by Crippen LogP contribution is -2.27. The number of rotatable bonds is 4. The van der Waals surface area contributed by atoms with Gasteiger partial charge in [-0.2, -0.15) is 0 Å². The van der Waals surface area contributed by atoms with Gasteiger partial charge in [-0.25, -0.2) is 9.97 Å². The first-order valence-corrected chi connectivity index (χ1v) is 8.86. The van der Waals surface area contributed by atoms with Crippen molar-refractivity contribution < 1.29 is 9.59 Å². The van der Waals surface area contributed by atoms with Crippen molar-refractivity contribution in [2.45, 2.75) is 12.8 Å². The Morgan fingerprint density at radius 2 is 1.70 bits per heavy atom. The second kappa shape index (κ2) is 7.41. The Labute approximate surface area is 156 Å². The molecule has 3 heterocycles. The van der Waals surface area contributed by atoms with Crippen molar-refractivity contribution in [3.8, 4) is 5.82 Å². The SMILES string of the molecule is O=C(Nc1ccc(C(=O)N2CCCC2)cc1)c1ccc(-n2ccnc2)nc1. The Bertz CT molecular complexity index is 928. The Kier molecular flexibility index (Phi) is 4.65. The number of nitrogens with zero attached hydrogens (tertiary/aromatic N) is 4. The smallest absolute Gasteiger partial charge is 0.257 e. The molecule has 4 rings (SSSR count). The fraction of sp³-hybridized carbons (Fsp3) is 0.200. The molecule has 1 aliphatic rings. The van der Waals surface area contributed by atoms with Crippen LogP contribution >= 0.6 is 0 Å². The standard InChI is InChI=1S/C20H19N5O2/c26-19(16-5-8-18(22-13-16)25-12-9-21-14-25)23-17-6-3-15(4-7-17)20(27)24-10-1-2-11-24/h3-9,12-14H,1-2,10-11H2,(H,23,26). The van der Waals surface area contributed by atoms with Crippen LogP contribution in [0.2, 0.25) is 0 Å². The van der Waals surface area contributed by atoms with Crippen LogP contribution in [0.5, 0.6) is 0 Å². The van der Waals surface area contributed by atoms with E-state index in [1.807, 2.05) is 4.90 Å². The van der Waals surface area contributed by atoms with Gasteiger partial charge >= 0.3 is 0 Å². The minimum atomic E-state index is -0.252. The molecular formula is C20H19N5O2. The van der Waals surface area contributed by atoms with Gasteiger partial charge in [-0.1, -0.05) is 0 Å². The number of carbonyl (C=O) groups is 2. The van der Waals surface area contributed by atoms with E-state index in [0.29, 0.717) is 22.6 Å². The number of nitrogens with one attached hydrogen (secondary N) is 1. The average molecular weight is 361 g/mol. The van der Waals surface area contributed by atoms with Crippen molar-refractivity contribution >= 4 is 17.5 Å². The second-order valence-corrected chi connectivity index (χ2v) is 6.41. The average Bonchev–Trinajstić information content (AvgIpc) is 3.42. The van der Waals surface area contributed by atoms with Gasteiger partial charge in [0.2, 0.25) is 0 Å². The second-order valence-electron chi connectivity index (χ2n) is 6.41. The van der Waals surface area contributed by atoms with Gasteiger partial charge in [0.05, 0.1) is 5.56 Å². The van der Waals surface area contributed by atoms with E-state index in [2.05, 4.69) is 15.3 Å². The fourth-order valence-corrected chi connectivity index (χ4v) is 3.07. The maximum atomic E-state index is 12.4. The molecule has 0 aliphatic carbocycles. The molecule has 136 valence electrons. The van der Waals surface area contributed by atoms with Crippen LogP contribution < -0.4 is 5.32 Å². The predicted octanol–water partition coefficient (Wildman–Crippen LogP) is 2.76. The molecule has 1 saturated heterocycles. The molecule has 0 bridgehead atoms. The van der Waals surface area contributed by atoms with E-state index in [9.17, 15) is 9.59 Å². The predicted molar refractivity (Wildman–Crippen MR) is 101 cm³/mol. The molecular weight excluding hydrogens is 342 g/mol. The number of amides is 2. The van der Waals surface area contributed by atoms with Gasteiger partial charge in [0.25, 0.3) is 11.8 Å². The molecule has 1 aliphatic heterocycles. The lowest BCUT2D eigenvalue weighted by Gasteiger charge is -2.15. The molecule has 1 aromatic carbocycles. The number of carbonyl (C=O) groups excluding carboxylic acids is 2. The van der Waals surface area contributed by atoms with Crippen LogP contribution in [-0.2, 0) is 0 Å². The van der Waals surface area contributed by atoms with Gasteiger partial charge in [-0.15, -0.1) is 0 Å². The van der Waals surface area contributed by atoms with E-state index < -0.39 is 0 Å². The highest BCUT2D eigenvalue weighted by Crippen LogP contribution is 2.16. The highest BCUT2D eigenvalue weighted by atomic mass is 16.2. The summed E-state index contributed by atoms with van der Waals surface area (Å²) in [5.41, 5.74) is 1.73. The summed E-state index contributed by atoms with van der Waals surface area (Å²) >= 11 is 0. The number of benzene rings is 1. The van der Waals surface area contributed by atoms with E-state index in [4.69, 9.17) is 0 Å². The maximum absolute atomic E-state index is 12.4. The van der Waals surface area contributed by atoms with Crippen LogP contribution in [0.1, 0.15) is 33.6 Å². The largest absolute Gasteiger partial charge is 0.339 e. The first kappa shape index (κ1) is 17.0. The van der Waals surface area contributed by atoms with Crippen LogP contribution in [0, 0.1) is 0 Å². The van der Waals surface area contributed by atoms with Crippen molar-refractivity contribution in [1.29, 1.82) is 0 Å². The highest BCUT2D eigenvalue weighted by molar-refractivity contribution is 6.04. The third kappa shape index (κ3) is 3.72. The normalized spacial score (nSPS) is 13.6. The quantitative estimate of drug-likeness (QED) is 0.775. The van der Waals surface area contributed by atoms with Crippen molar-refractivity contribution in [2.24, 2.45) is 0 Å². The lowest BCUT2D eigenvalue weighted by atomic mass is 10.1. The molecule has 1 fully saturated rings. The van der Waals surface area contributed by atoms with Gasteiger partial charge in [-0.05, 0) is 49.2 Å². The fourth-order valence-electron chi connectivity index (χ4n) is 3.07. The summed E-state index contributed by atoms with van der Waals surface area (Å²) in [4.78, 5) is 34.9. The molecule has 2 amide bonds. The summed E-state index contributed by atoms with van der Waals surface area (Å²) < 4.78 is 1.76. The number of hydrogen-bond donors (Lipinski definition) is 1. The van der Waals surface area contributed by atoms with Crippen molar-refractivity contribution in [1.82, 2.24) is 19.4 Å². The first-order valence-electron chi connectivity index (χ1n) is 8.86. The molecule has 3 aromatic rings. The third-order valence-electron chi connectivity index (χ3n) is 4.56. The molecule has 0 saturated carbocycles. The number of pyridine rings is 1. The van der Waals surface area contributed by atoms with Gasteiger partial charge in [0.15, 0.2) is 0 Å². The molecule has 0 unspecified atom stereocenters. The monoisotopic (exact) mass is 361 g/mol. The zero-order chi connectivity index (χ0) is 18.6. The molecule has 7 heteroatoms. The van der Waals surface area contributed by atoms with Crippen LogP contribution in [0.25, 0.3) is 5.82 Å². The molecule has 0 radical (unpaired) electrons. The molecule has 2 aromatic heterocycles. The first-order chi connectivity index (χ1) is 13.2. The Morgan fingerprint density at radius 1 is 0.963 bits per heavy atom. The summed E-state index contributed by atoms with van der Waals surface area (Å²) in [6, 6.07) is 10.5. The van der Waals surface area contributed by atoms with Gasteiger partial charge in [-0.3, -0.25) is 14.2 Å². The van der Waals surface area contributed by atoms with Crippen molar-refractivity contribution in [3.63, 3.8) is 0 Å². The molecule has 27 heavy (non-hydrogen) atoms. The molecule has 0 spiro atoms. The summed E-state index contributed by atoms with van der Waals surface area (Å²) in [6.45, 7) is 1.64. The van der Waals surface area contributed by atoms with Crippen LogP contribution in [-0.4, -0.2) is 44.3 Å². The topological polar surface area (TPSA) is 80.1 Å². The van der Waals surface area contributed by atoms with Crippen molar-refractivity contribution in [3.05, 3.63) is 72.4 Å². The van der Waals surface area contributed by atoms with Gasteiger partial charge in [0, 0.05) is 42.9 Å². The summed E-state index contributed by atoms with van der Waals surface area (Å²) in [6.07, 6.45) is 8.75. The summed E-state index contributed by atoms with van der Waals surface area (Å²) in [5, 5.41) is 2.83. The van der Waals surface area contributed by atoms with Crippen LogP contribution in [0.3, 0.4) is 0 Å². The molecule has 1 N–H and O–H groups in total. The summed E-state index contributed by atoms with van der Waals surface area (Å²) in [7, 11) is 0. The number of anilines is 1. The van der Waals surface area contributed by atoms with Gasteiger partial charge < -0.3 is 10.2 Å². The minimum absolute atomic E-state index is 0.0460. The van der Waals surface area contributed by atoms with Crippen LogP contribution in [0.15, 0.2) is 61.3 Å². The number of imidazole rings is 1. The Hall–Kier alpha value is -3.48. The molecule has 0 atom stereocenters.